The minimum absolute atomic E-state index is 0.382. The predicted octanol–water partition coefficient (Wildman–Crippen LogP) is 1.18. The molecule has 0 amide bonds. The van der Waals surface area contributed by atoms with Gasteiger partial charge in [0.25, 0.3) is 0 Å². The van der Waals surface area contributed by atoms with Gasteiger partial charge in [-0.1, -0.05) is 0 Å². The van der Waals surface area contributed by atoms with E-state index >= 15 is 0 Å². The number of carbonyl (C=O) groups excluding carboxylic acids is 1. The van der Waals surface area contributed by atoms with Crippen molar-refractivity contribution in [3.05, 3.63) is 0 Å². The molecule has 1 fully saturated rings. The predicted molar refractivity (Wildman–Crippen MR) is 64.6 cm³/mol. The first kappa shape index (κ1) is 17.1. The summed E-state index contributed by atoms with van der Waals surface area (Å²) in [6.45, 7) is 0.276. The maximum atomic E-state index is 12.0. The average Bonchev–Trinajstić information content (AvgIpc) is 2.80. The monoisotopic (exact) mass is 316 g/mol. The van der Waals surface area contributed by atoms with Crippen LogP contribution in [0.2, 0.25) is 0 Å². The lowest BCUT2D eigenvalue weighted by atomic mass is 10.2. The third kappa shape index (κ3) is 5.55. The van der Waals surface area contributed by atoms with E-state index in [4.69, 9.17) is 5.11 Å². The standard InChI is InChI=1S/C10H15F3N2O4S/c1-6(8(16)17)14-20-15-4-2-3-7(15)9(18)19-5-10(11,12)13/h6-7,14H,2-5H2,1H3,(H,16,17)/t6-,7-/m0/s1. The Labute approximate surface area is 117 Å². The van der Waals surface area contributed by atoms with Gasteiger partial charge < -0.3 is 9.84 Å². The molecule has 1 rings (SSSR count). The van der Waals surface area contributed by atoms with Crippen molar-refractivity contribution in [1.29, 1.82) is 0 Å². The number of rotatable bonds is 6. The lowest BCUT2D eigenvalue weighted by Gasteiger charge is -2.22. The SMILES string of the molecule is C[C@H](NSN1CCC[C@H]1C(=O)OCC(F)(F)F)C(=O)O. The van der Waals surface area contributed by atoms with Crippen LogP contribution in [0.3, 0.4) is 0 Å². The summed E-state index contributed by atoms with van der Waals surface area (Å²) in [4.78, 5) is 22.2. The van der Waals surface area contributed by atoms with Crippen molar-refractivity contribution in [3.63, 3.8) is 0 Å². The van der Waals surface area contributed by atoms with E-state index in [1.165, 1.54) is 11.2 Å². The number of hydrogen-bond acceptors (Lipinski definition) is 6. The molecule has 1 aliphatic rings. The van der Waals surface area contributed by atoms with Gasteiger partial charge in [-0.15, -0.1) is 0 Å². The van der Waals surface area contributed by atoms with E-state index in [1.54, 1.807) is 0 Å². The molecule has 0 radical (unpaired) electrons. The van der Waals surface area contributed by atoms with Crippen molar-refractivity contribution in [2.75, 3.05) is 13.2 Å². The molecule has 0 aromatic rings. The maximum absolute atomic E-state index is 12.0. The van der Waals surface area contributed by atoms with E-state index in [9.17, 15) is 22.8 Å². The van der Waals surface area contributed by atoms with Crippen LogP contribution >= 0.6 is 12.1 Å². The van der Waals surface area contributed by atoms with E-state index in [1.807, 2.05) is 0 Å². The van der Waals surface area contributed by atoms with Crippen LogP contribution < -0.4 is 4.72 Å². The van der Waals surface area contributed by atoms with Gasteiger partial charge in [0.1, 0.15) is 12.1 Å². The molecule has 0 aliphatic carbocycles. The third-order valence-electron chi connectivity index (χ3n) is 2.57. The molecule has 0 spiro atoms. The van der Waals surface area contributed by atoms with Gasteiger partial charge in [-0.2, -0.15) is 13.2 Å². The first-order valence-corrected chi connectivity index (χ1v) is 6.63. The molecular formula is C10H15F3N2O4S. The molecule has 2 N–H and O–H groups in total. The highest BCUT2D eigenvalue weighted by molar-refractivity contribution is 7.95. The lowest BCUT2D eigenvalue weighted by molar-refractivity contribution is -0.188. The van der Waals surface area contributed by atoms with Gasteiger partial charge in [0.2, 0.25) is 0 Å². The van der Waals surface area contributed by atoms with Crippen LogP contribution in [0.15, 0.2) is 0 Å². The van der Waals surface area contributed by atoms with Crippen LogP contribution in [-0.4, -0.2) is 52.8 Å². The zero-order chi connectivity index (χ0) is 15.3. The number of esters is 1. The number of nitrogens with one attached hydrogen (secondary N) is 1. The highest BCUT2D eigenvalue weighted by Crippen LogP contribution is 2.25. The van der Waals surface area contributed by atoms with Crippen LogP contribution in [0.1, 0.15) is 19.8 Å². The van der Waals surface area contributed by atoms with Crippen LogP contribution in [0, 0.1) is 0 Å². The van der Waals surface area contributed by atoms with Crippen LogP contribution in [0.25, 0.3) is 0 Å². The molecule has 20 heavy (non-hydrogen) atoms. The van der Waals surface area contributed by atoms with E-state index in [0.717, 1.165) is 12.1 Å². The zero-order valence-corrected chi connectivity index (χ0v) is 11.5. The van der Waals surface area contributed by atoms with Crippen LogP contribution in [0.4, 0.5) is 13.2 Å². The second kappa shape index (κ2) is 7.14. The number of carboxylic acids is 1. The van der Waals surface area contributed by atoms with Crippen LogP contribution in [0.5, 0.6) is 0 Å². The number of ether oxygens (including phenoxy) is 1. The van der Waals surface area contributed by atoms with E-state index in [2.05, 4.69) is 9.46 Å². The minimum Gasteiger partial charge on any atom is -0.480 e. The maximum Gasteiger partial charge on any atom is 0.422 e. The topological polar surface area (TPSA) is 78.9 Å². The Morgan fingerprint density at radius 2 is 2.20 bits per heavy atom. The summed E-state index contributed by atoms with van der Waals surface area (Å²) in [6, 6.07) is -1.64. The molecule has 0 saturated carbocycles. The summed E-state index contributed by atoms with van der Waals surface area (Å²) in [5.41, 5.74) is 0. The molecule has 1 saturated heterocycles. The van der Waals surface area contributed by atoms with E-state index < -0.39 is 36.8 Å². The molecule has 116 valence electrons. The van der Waals surface area contributed by atoms with E-state index in [-0.39, 0.29) is 0 Å². The number of carbonyl (C=O) groups is 2. The molecular weight excluding hydrogens is 301 g/mol. The number of aliphatic carboxylic acids is 1. The van der Waals surface area contributed by atoms with Gasteiger partial charge in [-0.05, 0) is 19.8 Å². The second-order valence-electron chi connectivity index (χ2n) is 4.29. The van der Waals surface area contributed by atoms with Gasteiger partial charge in [-0.3, -0.25) is 9.59 Å². The molecule has 10 heteroatoms. The summed E-state index contributed by atoms with van der Waals surface area (Å²) in [7, 11) is 0. The number of nitrogens with zero attached hydrogens (tertiary/aromatic N) is 1. The molecule has 0 aromatic heterocycles. The van der Waals surface area contributed by atoms with Crippen molar-refractivity contribution in [1.82, 2.24) is 9.03 Å². The van der Waals surface area contributed by atoms with Gasteiger partial charge in [0.15, 0.2) is 6.61 Å². The van der Waals surface area contributed by atoms with Crippen molar-refractivity contribution >= 4 is 24.1 Å². The second-order valence-corrected chi connectivity index (χ2v) is 5.18. The summed E-state index contributed by atoms with van der Waals surface area (Å²) >= 11 is 0.911. The molecule has 0 aromatic carbocycles. The first-order valence-electron chi connectivity index (χ1n) is 5.86. The first-order chi connectivity index (χ1) is 9.20. The summed E-state index contributed by atoms with van der Waals surface area (Å²) in [5, 5.41) is 8.69. The lowest BCUT2D eigenvalue weighted by Crippen LogP contribution is -2.39. The summed E-state index contributed by atoms with van der Waals surface area (Å²) in [6.07, 6.45) is -3.54. The minimum atomic E-state index is -4.55. The Hall–Kier alpha value is -1.00. The number of carboxylic acid groups (broad SMARTS) is 1. The fraction of sp³-hybridized carbons (Fsp3) is 0.800. The van der Waals surface area contributed by atoms with Gasteiger partial charge >= 0.3 is 18.1 Å². The molecule has 1 heterocycles. The Balaban J connectivity index is 2.44. The quantitative estimate of drug-likeness (QED) is 0.563. The average molecular weight is 316 g/mol. The number of halogens is 3. The smallest absolute Gasteiger partial charge is 0.422 e. The van der Waals surface area contributed by atoms with Gasteiger partial charge in [0.05, 0.1) is 0 Å². The van der Waals surface area contributed by atoms with Crippen molar-refractivity contribution in [2.24, 2.45) is 0 Å². The summed E-state index contributed by atoms with van der Waals surface area (Å²) in [5.74, 6) is -2.01. The van der Waals surface area contributed by atoms with Gasteiger partial charge in [-0.25, -0.2) is 9.03 Å². The van der Waals surface area contributed by atoms with E-state index in [0.29, 0.717) is 19.4 Å². The van der Waals surface area contributed by atoms with Crippen molar-refractivity contribution < 1.29 is 32.6 Å². The normalized spacial score (nSPS) is 21.7. The molecule has 1 aliphatic heterocycles. The van der Waals surface area contributed by atoms with Crippen molar-refractivity contribution in [3.8, 4) is 0 Å². The highest BCUT2D eigenvalue weighted by atomic mass is 32.2. The Kier molecular flexibility index (Phi) is 6.08. The third-order valence-corrected chi connectivity index (χ3v) is 3.70. The molecule has 0 bridgehead atoms. The molecule has 2 atom stereocenters. The van der Waals surface area contributed by atoms with Gasteiger partial charge in [0, 0.05) is 18.7 Å². The number of alkyl halides is 3. The molecule has 6 nitrogen and oxygen atoms in total. The van der Waals surface area contributed by atoms with Crippen LogP contribution in [-0.2, 0) is 14.3 Å². The zero-order valence-electron chi connectivity index (χ0n) is 10.6. The Bertz CT molecular complexity index is 367. The Morgan fingerprint density at radius 1 is 1.55 bits per heavy atom. The fourth-order valence-electron chi connectivity index (χ4n) is 1.53. The molecule has 0 unspecified atom stereocenters. The Morgan fingerprint density at radius 3 is 2.75 bits per heavy atom. The number of hydrogen-bond donors (Lipinski definition) is 2. The fourth-order valence-corrected chi connectivity index (χ4v) is 2.46. The van der Waals surface area contributed by atoms with Crippen molar-refractivity contribution in [2.45, 2.75) is 38.0 Å². The largest absolute Gasteiger partial charge is 0.480 e. The highest BCUT2D eigenvalue weighted by Gasteiger charge is 2.36. The summed E-state index contributed by atoms with van der Waals surface area (Å²) < 4.78 is 44.2.